The number of nitrogens with one attached hydrogen (secondary N) is 1. The van der Waals surface area contributed by atoms with Crippen molar-refractivity contribution in [2.24, 2.45) is 0 Å². The van der Waals surface area contributed by atoms with E-state index in [-0.39, 0.29) is 0 Å². The van der Waals surface area contributed by atoms with Gasteiger partial charge in [0.25, 0.3) is 0 Å². The van der Waals surface area contributed by atoms with Crippen molar-refractivity contribution in [2.75, 3.05) is 20.6 Å². The van der Waals surface area contributed by atoms with Gasteiger partial charge in [0.1, 0.15) is 0 Å². The van der Waals surface area contributed by atoms with Crippen LogP contribution in [0.2, 0.25) is 0 Å². The number of benzene rings is 2. The summed E-state index contributed by atoms with van der Waals surface area (Å²) in [5, 5.41) is 17.2. The number of rotatable bonds is 7. The minimum absolute atomic E-state index is 0.447. The molecule has 0 aliphatic heterocycles. The lowest BCUT2D eigenvalue weighted by atomic mass is 9.92. The monoisotopic (exact) mass is 435 g/mol. The van der Waals surface area contributed by atoms with E-state index >= 15 is 0 Å². The van der Waals surface area contributed by atoms with Crippen molar-refractivity contribution < 1.29 is 24.7 Å². The number of quaternary nitrogens is 1. The van der Waals surface area contributed by atoms with Gasteiger partial charge in [-0.3, -0.25) is 0 Å². The van der Waals surface area contributed by atoms with Gasteiger partial charge in [0, 0.05) is 12.5 Å². The Morgan fingerprint density at radius 2 is 1.62 bits per heavy atom. The number of carbonyl (C=O) groups excluding carboxylic acids is 1. The number of carbonyl (C=O) groups is 2. The summed E-state index contributed by atoms with van der Waals surface area (Å²) in [6.45, 7) is 1.17. The Morgan fingerprint density at radius 3 is 2.22 bits per heavy atom. The average Bonchev–Trinajstić information content (AvgIpc) is 3.01. The van der Waals surface area contributed by atoms with Gasteiger partial charge < -0.3 is 19.9 Å². The largest absolute Gasteiger partial charge is 0.545 e. The molecule has 2 N–H and O–H groups in total. The summed E-state index contributed by atoms with van der Waals surface area (Å²) in [4.78, 5) is 20.5. The van der Waals surface area contributed by atoms with Crippen LogP contribution in [-0.2, 0) is 22.4 Å². The van der Waals surface area contributed by atoms with Gasteiger partial charge in [-0.1, -0.05) is 61.0 Å². The molecule has 0 radical (unpaired) electrons. The minimum atomic E-state index is -1.51. The fourth-order valence-corrected chi connectivity index (χ4v) is 3.74. The zero-order valence-electron chi connectivity index (χ0n) is 19.0. The number of aryl methyl sites for hydroxylation is 2. The number of fused-ring (bicyclic) bond motifs is 1. The third-order valence-electron chi connectivity index (χ3n) is 5.35. The molecule has 0 heterocycles. The van der Waals surface area contributed by atoms with E-state index in [1.165, 1.54) is 60.2 Å². The molecule has 0 saturated carbocycles. The van der Waals surface area contributed by atoms with Gasteiger partial charge in [0.2, 0.25) is 0 Å². The summed E-state index contributed by atoms with van der Waals surface area (Å²) in [6.07, 6.45) is 11.0. The normalized spacial score (nSPS) is 13.8. The number of carboxylic acids is 2. The molecule has 0 saturated heterocycles. The highest BCUT2D eigenvalue weighted by Crippen LogP contribution is 2.28. The van der Waals surface area contributed by atoms with E-state index in [9.17, 15) is 14.7 Å². The fourth-order valence-electron chi connectivity index (χ4n) is 3.74. The molecule has 1 aliphatic carbocycles. The lowest BCUT2D eigenvalue weighted by molar-refractivity contribution is -0.857. The molecule has 3 rings (SSSR count). The fraction of sp³-hybridized carbons (Fsp3) is 0.333. The Balaban J connectivity index is 0.000000390. The highest BCUT2D eigenvalue weighted by molar-refractivity contribution is 5.88. The number of carboxylic acid groups (broad SMARTS) is 2. The summed E-state index contributed by atoms with van der Waals surface area (Å²) in [6, 6.07) is 18.0. The summed E-state index contributed by atoms with van der Waals surface area (Å²) in [5.74, 6) is -2.80. The van der Waals surface area contributed by atoms with Crippen LogP contribution in [0.1, 0.15) is 47.9 Å². The first-order valence-electron chi connectivity index (χ1n) is 11.2. The van der Waals surface area contributed by atoms with E-state index in [0.29, 0.717) is 12.2 Å². The summed E-state index contributed by atoms with van der Waals surface area (Å²) >= 11 is 0. The summed E-state index contributed by atoms with van der Waals surface area (Å²) in [7, 11) is 4.44. The highest BCUT2D eigenvalue weighted by atomic mass is 16.4. The first kappa shape index (κ1) is 25.1. The smallest absolute Gasteiger partial charge is 0.328 e. The molecule has 0 spiro atoms. The molecule has 2 aromatic carbocycles. The third-order valence-corrected chi connectivity index (χ3v) is 5.35. The predicted molar refractivity (Wildman–Crippen MR) is 125 cm³/mol. The van der Waals surface area contributed by atoms with Crippen LogP contribution in [0.15, 0.2) is 66.8 Å². The van der Waals surface area contributed by atoms with Gasteiger partial charge in [-0.05, 0) is 59.6 Å². The molecule has 0 fully saturated rings. The van der Waals surface area contributed by atoms with Crippen molar-refractivity contribution >= 4 is 17.5 Å². The first-order chi connectivity index (χ1) is 15.4. The Hall–Kier alpha value is -3.18. The van der Waals surface area contributed by atoms with Gasteiger partial charge >= 0.3 is 5.97 Å². The van der Waals surface area contributed by atoms with Crippen molar-refractivity contribution in [1.82, 2.24) is 0 Å². The van der Waals surface area contributed by atoms with E-state index in [4.69, 9.17) is 5.11 Å². The molecule has 1 aliphatic rings. The molecule has 0 aromatic heterocycles. The van der Waals surface area contributed by atoms with Crippen LogP contribution in [0.3, 0.4) is 0 Å². The molecular weight excluding hydrogens is 402 g/mol. The third kappa shape index (κ3) is 8.90. The van der Waals surface area contributed by atoms with Crippen molar-refractivity contribution in [3.8, 4) is 0 Å². The van der Waals surface area contributed by atoms with E-state index in [1.807, 2.05) is 0 Å². The lowest BCUT2D eigenvalue weighted by Crippen LogP contribution is -3.05. The molecule has 0 bridgehead atoms. The van der Waals surface area contributed by atoms with Crippen LogP contribution in [0, 0.1) is 0 Å². The van der Waals surface area contributed by atoms with Gasteiger partial charge in [-0.2, -0.15) is 0 Å². The molecule has 0 atom stereocenters. The van der Waals surface area contributed by atoms with Crippen molar-refractivity contribution in [3.05, 3.63) is 89.0 Å². The second-order valence-corrected chi connectivity index (χ2v) is 8.26. The Morgan fingerprint density at radius 1 is 0.938 bits per heavy atom. The maximum atomic E-state index is 9.53. The highest BCUT2D eigenvalue weighted by Gasteiger charge is 2.11. The number of hydrogen-bond donors (Lipinski definition) is 2. The van der Waals surface area contributed by atoms with Crippen LogP contribution in [-0.4, -0.2) is 37.7 Å². The first-order valence-corrected chi connectivity index (χ1v) is 11.2. The zero-order valence-corrected chi connectivity index (χ0v) is 19.0. The molecule has 170 valence electrons. The quantitative estimate of drug-likeness (QED) is 0.517. The van der Waals surface area contributed by atoms with Gasteiger partial charge in [0.15, 0.2) is 0 Å². The average molecular weight is 436 g/mol. The second-order valence-electron chi connectivity index (χ2n) is 8.26. The van der Waals surface area contributed by atoms with Crippen molar-refractivity contribution in [2.45, 2.75) is 38.5 Å². The van der Waals surface area contributed by atoms with E-state index in [1.54, 1.807) is 11.1 Å². The predicted octanol–water partition coefficient (Wildman–Crippen LogP) is 2.30. The molecule has 32 heavy (non-hydrogen) atoms. The Kier molecular flexibility index (Phi) is 10.4. The molecule has 0 amide bonds. The molecular formula is C27H33NO4. The summed E-state index contributed by atoms with van der Waals surface area (Å²) < 4.78 is 0. The Labute approximate surface area is 190 Å². The topological polar surface area (TPSA) is 81.9 Å². The molecule has 2 aromatic rings. The lowest BCUT2D eigenvalue weighted by Gasteiger charge is -2.13. The molecule has 5 heteroatoms. The van der Waals surface area contributed by atoms with Crippen molar-refractivity contribution in [1.29, 1.82) is 0 Å². The maximum Gasteiger partial charge on any atom is 0.328 e. The van der Waals surface area contributed by atoms with Crippen LogP contribution >= 0.6 is 0 Å². The summed E-state index contributed by atoms with van der Waals surface area (Å²) in [5.41, 5.74) is 7.26. The van der Waals surface area contributed by atoms with Gasteiger partial charge in [0.05, 0.1) is 26.6 Å². The SMILES string of the molecule is C[NH+](C)CC/C=C(\c1ccccc1)c1ccc2c(c1)CCCCC2.O=C([O-])/C=C\C(=O)O. The number of aliphatic carboxylic acids is 2. The van der Waals surface area contributed by atoms with E-state index < -0.39 is 11.9 Å². The van der Waals surface area contributed by atoms with E-state index in [2.05, 4.69) is 68.7 Å². The van der Waals surface area contributed by atoms with Gasteiger partial charge in [-0.25, -0.2) is 4.79 Å². The van der Waals surface area contributed by atoms with E-state index in [0.717, 1.165) is 6.42 Å². The maximum absolute atomic E-state index is 9.53. The number of hydrogen-bond acceptors (Lipinski definition) is 3. The Bertz CT molecular complexity index is 929. The molecule has 5 nitrogen and oxygen atoms in total. The molecule has 0 unspecified atom stereocenters. The minimum Gasteiger partial charge on any atom is -0.545 e. The second kappa shape index (κ2) is 13.3. The zero-order chi connectivity index (χ0) is 23.3. The van der Waals surface area contributed by atoms with Crippen LogP contribution in [0.4, 0.5) is 0 Å². The van der Waals surface area contributed by atoms with Crippen LogP contribution in [0.25, 0.3) is 5.57 Å². The van der Waals surface area contributed by atoms with Crippen LogP contribution in [0.5, 0.6) is 0 Å². The van der Waals surface area contributed by atoms with Crippen LogP contribution < -0.4 is 10.0 Å². The van der Waals surface area contributed by atoms with Gasteiger partial charge in [-0.15, -0.1) is 0 Å². The van der Waals surface area contributed by atoms with Crippen molar-refractivity contribution in [3.63, 3.8) is 0 Å². The standard InChI is InChI=1S/C23H29N.C4H4O4/c1-24(2)17-9-14-23(20-11-6-4-7-12-20)22-16-15-19-10-5-3-8-13-21(19)18-22;5-3(6)1-2-4(7)8/h4,6-7,11-12,14-16,18H,3,5,8-10,13,17H2,1-2H3;1-2H,(H,5,6)(H,7,8)/b23-14+;2-1-.